The van der Waals surface area contributed by atoms with Crippen molar-refractivity contribution in [3.63, 3.8) is 0 Å². The molecule has 158 valence electrons. The summed E-state index contributed by atoms with van der Waals surface area (Å²) in [5, 5.41) is 0. The first-order chi connectivity index (χ1) is 14.5. The fourth-order valence-corrected chi connectivity index (χ4v) is 5.99. The minimum Gasteiger partial charge on any atom is -0.378 e. The van der Waals surface area contributed by atoms with Crippen molar-refractivity contribution in [2.45, 2.75) is 45.3 Å². The van der Waals surface area contributed by atoms with E-state index in [1.165, 1.54) is 39.5 Å². The number of benzene rings is 2. The molecule has 1 aliphatic heterocycles. The molecule has 1 aromatic heterocycles. The van der Waals surface area contributed by atoms with E-state index < -0.39 is 0 Å². The zero-order chi connectivity index (χ0) is 20.8. The number of aryl methyl sites for hydroxylation is 2. The van der Waals surface area contributed by atoms with Crippen molar-refractivity contribution < 1.29 is 4.74 Å². The fraction of sp³-hybridized carbons (Fsp3) is 0.480. The molecule has 30 heavy (non-hydrogen) atoms. The van der Waals surface area contributed by atoms with Crippen molar-refractivity contribution in [1.29, 1.82) is 0 Å². The molecule has 2 aromatic carbocycles. The highest BCUT2D eigenvalue weighted by atomic mass is 79.9. The van der Waals surface area contributed by atoms with Gasteiger partial charge in [-0.3, -0.25) is 0 Å². The molecule has 2 heterocycles. The molecule has 0 amide bonds. The van der Waals surface area contributed by atoms with Crippen LogP contribution in [0, 0.1) is 19.8 Å². The molecule has 0 spiro atoms. The number of methoxy groups -OCH3 is 1. The maximum Gasteiger partial charge on any atom is 0.107 e. The van der Waals surface area contributed by atoms with Crippen molar-refractivity contribution in [2.24, 2.45) is 5.92 Å². The Bertz CT molecular complexity index is 1080. The minimum atomic E-state index is 0.189. The molecule has 5 rings (SSSR count). The van der Waals surface area contributed by atoms with Gasteiger partial charge in [0.05, 0.1) is 23.2 Å². The van der Waals surface area contributed by atoms with Crippen LogP contribution in [-0.2, 0) is 17.6 Å². The SMILES string of the molecule is CO[C@H]1CN(C[C@@H]2Cc3ccc(Br)cc3C2)CC[C@H]1n1c(C)nc2cc(C)ccc21. The smallest absolute Gasteiger partial charge is 0.107 e. The van der Waals surface area contributed by atoms with Gasteiger partial charge in [0, 0.05) is 31.2 Å². The lowest BCUT2D eigenvalue weighted by Gasteiger charge is -2.40. The normalized spacial score (nSPS) is 24.5. The number of ether oxygens (including phenoxy) is 1. The Labute approximate surface area is 187 Å². The fourth-order valence-electron chi connectivity index (χ4n) is 5.58. The average molecular weight is 468 g/mol. The highest BCUT2D eigenvalue weighted by Crippen LogP contribution is 2.33. The first kappa shape index (κ1) is 20.2. The van der Waals surface area contributed by atoms with Gasteiger partial charge < -0.3 is 14.2 Å². The molecule has 5 heteroatoms. The quantitative estimate of drug-likeness (QED) is 0.534. The molecule has 2 aliphatic rings. The molecule has 3 atom stereocenters. The third-order valence-electron chi connectivity index (χ3n) is 6.97. The lowest BCUT2D eigenvalue weighted by atomic mass is 9.98. The molecule has 0 saturated carbocycles. The lowest BCUT2D eigenvalue weighted by molar-refractivity contribution is -0.00928. The molecule has 0 unspecified atom stereocenters. The summed E-state index contributed by atoms with van der Waals surface area (Å²) in [5.74, 6) is 1.80. The Morgan fingerprint density at radius 2 is 1.93 bits per heavy atom. The lowest BCUT2D eigenvalue weighted by Crippen LogP contribution is -2.47. The van der Waals surface area contributed by atoms with Gasteiger partial charge in [-0.15, -0.1) is 0 Å². The minimum absolute atomic E-state index is 0.189. The van der Waals surface area contributed by atoms with Crippen LogP contribution in [0.25, 0.3) is 11.0 Å². The second kappa shape index (κ2) is 8.10. The Morgan fingerprint density at radius 1 is 1.10 bits per heavy atom. The van der Waals surface area contributed by atoms with E-state index >= 15 is 0 Å². The summed E-state index contributed by atoms with van der Waals surface area (Å²) in [5.41, 5.74) is 6.63. The average Bonchev–Trinajstić information content (AvgIpc) is 3.26. The standard InChI is InChI=1S/C25H30BrN3O/c1-16-4-7-23-22(10-16)27-17(2)29(23)24-8-9-28(15-25(24)30-3)14-18-11-19-5-6-21(26)13-20(19)12-18/h4-7,10,13,18,24-25H,8-9,11-12,14-15H2,1-3H3/t18-,24-,25+/m1/s1. The molecule has 0 radical (unpaired) electrons. The maximum atomic E-state index is 6.03. The van der Waals surface area contributed by atoms with Crippen molar-refractivity contribution in [2.75, 3.05) is 26.7 Å². The summed E-state index contributed by atoms with van der Waals surface area (Å²) >= 11 is 3.62. The van der Waals surface area contributed by atoms with Gasteiger partial charge in [0.2, 0.25) is 0 Å². The van der Waals surface area contributed by atoms with Crippen LogP contribution in [0.5, 0.6) is 0 Å². The summed E-state index contributed by atoms with van der Waals surface area (Å²) in [4.78, 5) is 7.46. The molecule has 0 N–H and O–H groups in total. The molecular weight excluding hydrogens is 438 g/mol. The van der Waals surface area contributed by atoms with Gasteiger partial charge in [-0.05, 0) is 80.0 Å². The Hall–Kier alpha value is -1.69. The number of hydrogen-bond acceptors (Lipinski definition) is 3. The summed E-state index contributed by atoms with van der Waals surface area (Å²) in [7, 11) is 1.86. The molecule has 0 bridgehead atoms. The van der Waals surface area contributed by atoms with Gasteiger partial charge in [0.1, 0.15) is 5.82 Å². The second-order valence-corrected chi connectivity index (χ2v) is 10.0. The van der Waals surface area contributed by atoms with Crippen LogP contribution < -0.4 is 0 Å². The first-order valence-corrected chi connectivity index (χ1v) is 11.8. The van der Waals surface area contributed by atoms with E-state index in [2.05, 4.69) is 75.6 Å². The van der Waals surface area contributed by atoms with Crippen LogP contribution in [-0.4, -0.2) is 47.3 Å². The predicted octanol–water partition coefficient (Wildman–Crippen LogP) is 5.09. The number of aromatic nitrogens is 2. The molecule has 1 fully saturated rings. The second-order valence-electron chi connectivity index (χ2n) is 9.10. The van der Waals surface area contributed by atoms with Gasteiger partial charge in [0.15, 0.2) is 0 Å². The molecule has 1 saturated heterocycles. The van der Waals surface area contributed by atoms with Crippen LogP contribution in [0.4, 0.5) is 0 Å². The van der Waals surface area contributed by atoms with Crippen LogP contribution in [0.3, 0.4) is 0 Å². The van der Waals surface area contributed by atoms with Crippen molar-refractivity contribution >= 4 is 27.0 Å². The van der Waals surface area contributed by atoms with E-state index in [0.29, 0.717) is 12.0 Å². The van der Waals surface area contributed by atoms with E-state index in [4.69, 9.17) is 9.72 Å². The summed E-state index contributed by atoms with van der Waals surface area (Å²) in [6.45, 7) is 7.52. The molecule has 3 aromatic rings. The van der Waals surface area contributed by atoms with Gasteiger partial charge in [0.25, 0.3) is 0 Å². The van der Waals surface area contributed by atoms with Gasteiger partial charge in [-0.1, -0.05) is 28.1 Å². The predicted molar refractivity (Wildman–Crippen MR) is 125 cm³/mol. The first-order valence-electron chi connectivity index (χ1n) is 11.0. The topological polar surface area (TPSA) is 30.3 Å². The molecular formula is C25H30BrN3O. The number of piperidine rings is 1. The van der Waals surface area contributed by atoms with E-state index in [1.54, 1.807) is 0 Å². The van der Waals surface area contributed by atoms with E-state index in [0.717, 1.165) is 37.4 Å². The number of imidazole rings is 1. The van der Waals surface area contributed by atoms with Crippen molar-refractivity contribution in [3.05, 3.63) is 63.4 Å². The van der Waals surface area contributed by atoms with Gasteiger partial charge in [-0.2, -0.15) is 0 Å². The number of nitrogens with zero attached hydrogens (tertiary/aromatic N) is 3. The van der Waals surface area contributed by atoms with Crippen molar-refractivity contribution in [3.8, 4) is 0 Å². The van der Waals surface area contributed by atoms with E-state index in [1.807, 2.05) is 7.11 Å². The van der Waals surface area contributed by atoms with Crippen LogP contribution in [0.15, 0.2) is 40.9 Å². The number of likely N-dealkylation sites (tertiary alicyclic amines) is 1. The highest BCUT2D eigenvalue weighted by molar-refractivity contribution is 9.10. The Kier molecular flexibility index (Phi) is 5.46. The molecule has 4 nitrogen and oxygen atoms in total. The number of rotatable bonds is 4. The third kappa shape index (κ3) is 3.72. The van der Waals surface area contributed by atoms with Gasteiger partial charge >= 0.3 is 0 Å². The van der Waals surface area contributed by atoms with E-state index in [9.17, 15) is 0 Å². The Balaban J connectivity index is 1.30. The largest absolute Gasteiger partial charge is 0.378 e. The maximum absolute atomic E-state index is 6.03. The number of hydrogen-bond donors (Lipinski definition) is 0. The zero-order valence-corrected chi connectivity index (χ0v) is 19.7. The van der Waals surface area contributed by atoms with Gasteiger partial charge in [-0.25, -0.2) is 4.98 Å². The van der Waals surface area contributed by atoms with Crippen LogP contribution in [0.1, 0.15) is 35.0 Å². The zero-order valence-electron chi connectivity index (χ0n) is 18.1. The number of halogens is 1. The van der Waals surface area contributed by atoms with Crippen LogP contribution >= 0.6 is 15.9 Å². The highest BCUT2D eigenvalue weighted by Gasteiger charge is 2.34. The van der Waals surface area contributed by atoms with E-state index in [-0.39, 0.29) is 6.10 Å². The molecule has 1 aliphatic carbocycles. The third-order valence-corrected chi connectivity index (χ3v) is 7.46. The van der Waals surface area contributed by atoms with Crippen molar-refractivity contribution in [1.82, 2.24) is 14.5 Å². The summed E-state index contributed by atoms with van der Waals surface area (Å²) in [6.07, 6.45) is 3.68. The monoisotopic (exact) mass is 467 g/mol. The Morgan fingerprint density at radius 3 is 2.77 bits per heavy atom. The summed E-state index contributed by atoms with van der Waals surface area (Å²) < 4.78 is 9.65. The number of fused-ring (bicyclic) bond motifs is 2. The summed E-state index contributed by atoms with van der Waals surface area (Å²) in [6, 6.07) is 13.7. The van der Waals surface area contributed by atoms with Crippen LogP contribution in [0.2, 0.25) is 0 Å².